The Morgan fingerprint density at radius 3 is 2.61 bits per heavy atom. The van der Waals surface area contributed by atoms with Crippen molar-refractivity contribution in [3.63, 3.8) is 0 Å². The molecule has 3 aromatic heterocycles. The Labute approximate surface area is 238 Å². The van der Waals surface area contributed by atoms with Crippen LogP contribution in [0.1, 0.15) is 35.8 Å². The molecule has 0 unspecified atom stereocenters. The molecule has 0 radical (unpaired) electrons. The number of amides is 1. The molecule has 1 saturated heterocycles. The van der Waals surface area contributed by atoms with Gasteiger partial charge in [-0.1, -0.05) is 47.6 Å². The minimum atomic E-state index is -3.94. The maximum atomic E-state index is 13.4. The number of benzene rings is 2. The number of rotatable bonds is 8. The number of nitrogens with one attached hydrogen (secondary N) is 1. The molecule has 0 atom stereocenters. The summed E-state index contributed by atoms with van der Waals surface area (Å²) in [5.41, 5.74) is 4.95. The van der Waals surface area contributed by atoms with Crippen LogP contribution in [0.2, 0.25) is 0 Å². The summed E-state index contributed by atoms with van der Waals surface area (Å²) < 4.78 is 39.1. The van der Waals surface area contributed by atoms with Crippen molar-refractivity contribution in [2.75, 3.05) is 24.3 Å². The van der Waals surface area contributed by atoms with E-state index in [1.54, 1.807) is 25.3 Å². The number of sulfone groups is 1. The van der Waals surface area contributed by atoms with Gasteiger partial charge < -0.3 is 19.1 Å². The Balaban J connectivity index is 1.23. The fourth-order valence-electron chi connectivity index (χ4n) is 5.30. The van der Waals surface area contributed by atoms with Gasteiger partial charge in [0.25, 0.3) is 0 Å². The molecule has 0 bridgehead atoms. The molecule has 5 aromatic rings. The second-order valence-electron chi connectivity index (χ2n) is 10.3. The molecule has 10 heteroatoms. The molecule has 41 heavy (non-hydrogen) atoms. The molecule has 1 N–H and O–H groups in total. The lowest BCUT2D eigenvalue weighted by Crippen LogP contribution is -2.23. The van der Waals surface area contributed by atoms with Crippen molar-refractivity contribution in [1.82, 2.24) is 14.7 Å². The normalized spacial score (nSPS) is 14.4. The molecule has 4 heterocycles. The monoisotopic (exact) mass is 570 g/mol. The second kappa shape index (κ2) is 11.3. The third-order valence-electron chi connectivity index (χ3n) is 7.34. The van der Waals surface area contributed by atoms with Gasteiger partial charge in [-0.15, -0.1) is 0 Å². The Morgan fingerprint density at radius 1 is 1.02 bits per heavy atom. The molecule has 6 rings (SSSR count). The molecule has 1 aliphatic heterocycles. The molecule has 1 amide bonds. The molecule has 1 aliphatic rings. The van der Waals surface area contributed by atoms with Crippen molar-refractivity contribution in [3.8, 4) is 11.1 Å². The van der Waals surface area contributed by atoms with Gasteiger partial charge in [0.2, 0.25) is 5.91 Å². The predicted molar refractivity (Wildman–Crippen MR) is 155 cm³/mol. The van der Waals surface area contributed by atoms with Crippen molar-refractivity contribution in [3.05, 3.63) is 96.1 Å². The summed E-state index contributed by atoms with van der Waals surface area (Å²) in [4.78, 5) is 17.4. The Morgan fingerprint density at radius 2 is 1.85 bits per heavy atom. The van der Waals surface area contributed by atoms with Gasteiger partial charge in [0, 0.05) is 66.3 Å². The Hall–Kier alpha value is -4.28. The lowest BCUT2D eigenvalue weighted by Gasteiger charge is -2.21. The van der Waals surface area contributed by atoms with Crippen LogP contribution >= 0.6 is 0 Å². The number of carbonyl (C=O) groups excluding carboxylic acids is 1. The number of nitrogens with zero attached hydrogens (tertiary/aromatic N) is 3. The number of fused-ring (bicyclic) bond motifs is 1. The number of hydrogen-bond donors (Lipinski definition) is 1. The molecular weight excluding hydrogens is 540 g/mol. The van der Waals surface area contributed by atoms with Gasteiger partial charge >= 0.3 is 0 Å². The highest BCUT2D eigenvalue weighted by molar-refractivity contribution is 7.92. The first kappa shape index (κ1) is 26.9. The molecular formula is C31H30N4O5S. The van der Waals surface area contributed by atoms with Crippen LogP contribution in [0.15, 0.2) is 88.5 Å². The highest BCUT2D eigenvalue weighted by Gasteiger charge is 2.25. The van der Waals surface area contributed by atoms with E-state index in [1.165, 1.54) is 6.07 Å². The van der Waals surface area contributed by atoms with Crippen LogP contribution in [0.4, 0.5) is 5.82 Å². The van der Waals surface area contributed by atoms with Gasteiger partial charge in [0.1, 0.15) is 11.5 Å². The maximum Gasteiger partial charge on any atom is 0.241 e. The van der Waals surface area contributed by atoms with Crippen molar-refractivity contribution >= 4 is 32.5 Å². The number of carbonyl (C=O) groups is 1. The van der Waals surface area contributed by atoms with Crippen molar-refractivity contribution < 1.29 is 22.5 Å². The molecule has 2 aromatic carbocycles. The third kappa shape index (κ3) is 5.94. The summed E-state index contributed by atoms with van der Waals surface area (Å²) in [6.07, 6.45) is 5.53. The number of aryl methyl sites for hydroxylation is 1. The fraction of sp³-hybridized carbons (Fsp3) is 0.258. The third-order valence-corrected chi connectivity index (χ3v) is 8.98. The van der Waals surface area contributed by atoms with Crippen LogP contribution in [0.3, 0.4) is 0 Å². The van der Waals surface area contributed by atoms with Gasteiger partial charge in [-0.2, -0.15) is 0 Å². The molecule has 0 aliphatic carbocycles. The average Bonchev–Trinajstić information content (AvgIpc) is 3.57. The number of para-hydroxylation sites is 1. The van der Waals surface area contributed by atoms with Crippen LogP contribution in [-0.2, 0) is 25.9 Å². The molecule has 1 fully saturated rings. The van der Waals surface area contributed by atoms with Gasteiger partial charge in [0.05, 0.1) is 4.90 Å². The average molecular weight is 571 g/mol. The Bertz CT molecular complexity index is 1800. The highest BCUT2D eigenvalue weighted by atomic mass is 32.2. The number of anilines is 1. The first-order chi connectivity index (χ1) is 19.9. The minimum absolute atomic E-state index is 0.114. The molecule has 9 nitrogen and oxygen atoms in total. The van der Waals surface area contributed by atoms with E-state index in [0.717, 1.165) is 54.0 Å². The van der Waals surface area contributed by atoms with E-state index < -0.39 is 21.5 Å². The topological polar surface area (TPSA) is 116 Å². The lowest BCUT2D eigenvalue weighted by molar-refractivity contribution is -0.113. The second-order valence-corrected chi connectivity index (χ2v) is 12.3. The van der Waals surface area contributed by atoms with Crippen LogP contribution in [0, 0.1) is 6.92 Å². The smallest absolute Gasteiger partial charge is 0.241 e. The van der Waals surface area contributed by atoms with E-state index in [-0.39, 0.29) is 10.7 Å². The van der Waals surface area contributed by atoms with Crippen molar-refractivity contribution in [1.29, 1.82) is 0 Å². The summed E-state index contributed by atoms with van der Waals surface area (Å²) in [6, 6.07) is 21.2. The summed E-state index contributed by atoms with van der Waals surface area (Å²) in [5.74, 6) is -0.260. The maximum absolute atomic E-state index is 13.4. The van der Waals surface area contributed by atoms with E-state index in [2.05, 4.69) is 28.7 Å². The summed E-state index contributed by atoms with van der Waals surface area (Å²) >= 11 is 0. The standard InChI is InChI=1S/C31H30N4O5S/c1-21-15-30(34-40-21)33-31(36)20-41(37,38)29-19-35(28-8-3-2-7-26(28)29)18-22-5-4-6-24(16-22)25-9-10-27(32-17-25)23-11-13-39-14-12-23/h2-10,15-17,19,23H,11-14,18,20H2,1H3,(H,33,34,36). The zero-order chi connectivity index (χ0) is 28.4. The molecule has 0 spiro atoms. The number of hydrogen-bond acceptors (Lipinski definition) is 7. The largest absolute Gasteiger partial charge is 0.381 e. The zero-order valence-corrected chi connectivity index (χ0v) is 23.4. The fourth-order valence-corrected chi connectivity index (χ4v) is 6.67. The lowest BCUT2D eigenvalue weighted by atomic mass is 9.95. The van der Waals surface area contributed by atoms with Gasteiger partial charge in [0.15, 0.2) is 15.7 Å². The van der Waals surface area contributed by atoms with Crippen LogP contribution < -0.4 is 5.32 Å². The van der Waals surface area contributed by atoms with Crippen LogP contribution in [-0.4, -0.2) is 48.0 Å². The van der Waals surface area contributed by atoms with Crippen LogP contribution in [0.5, 0.6) is 0 Å². The van der Waals surface area contributed by atoms with E-state index in [4.69, 9.17) is 14.2 Å². The van der Waals surface area contributed by atoms with Gasteiger partial charge in [-0.05, 0) is 49.1 Å². The van der Waals surface area contributed by atoms with E-state index in [9.17, 15) is 13.2 Å². The van der Waals surface area contributed by atoms with Gasteiger partial charge in [-0.3, -0.25) is 9.78 Å². The number of aromatic nitrogens is 3. The SMILES string of the molecule is Cc1cc(NC(=O)CS(=O)(=O)c2cn(Cc3cccc(-c4ccc(C5CCOCC5)nc4)c3)c3ccccc23)no1. The number of ether oxygens (including phenoxy) is 1. The van der Waals surface area contributed by atoms with Crippen molar-refractivity contribution in [2.45, 2.75) is 37.1 Å². The first-order valence-electron chi connectivity index (χ1n) is 13.5. The molecule has 0 saturated carbocycles. The van der Waals surface area contributed by atoms with E-state index in [0.29, 0.717) is 23.6 Å². The van der Waals surface area contributed by atoms with Crippen molar-refractivity contribution in [2.24, 2.45) is 0 Å². The number of pyridine rings is 1. The minimum Gasteiger partial charge on any atom is -0.381 e. The molecule has 210 valence electrons. The van der Waals surface area contributed by atoms with E-state index in [1.807, 2.05) is 41.1 Å². The Kier molecular flexibility index (Phi) is 7.42. The summed E-state index contributed by atoms with van der Waals surface area (Å²) in [6.45, 7) is 3.71. The summed E-state index contributed by atoms with van der Waals surface area (Å²) in [5, 5.41) is 6.76. The predicted octanol–water partition coefficient (Wildman–Crippen LogP) is 5.35. The quantitative estimate of drug-likeness (QED) is 0.267. The first-order valence-corrected chi connectivity index (χ1v) is 15.2. The highest BCUT2D eigenvalue weighted by Crippen LogP contribution is 2.30. The zero-order valence-electron chi connectivity index (χ0n) is 22.6. The summed E-state index contributed by atoms with van der Waals surface area (Å²) in [7, 11) is -3.94. The van der Waals surface area contributed by atoms with Crippen LogP contribution in [0.25, 0.3) is 22.0 Å². The van der Waals surface area contributed by atoms with Gasteiger partial charge in [-0.25, -0.2) is 8.42 Å². The van der Waals surface area contributed by atoms with E-state index >= 15 is 0 Å².